The van der Waals surface area contributed by atoms with Gasteiger partial charge in [-0.2, -0.15) is 0 Å². The SMILES string of the molecule is COC(=O)c1ccc2c3c([nH]c2c1)[C@@H](c1c(F)cc(OC2CN(CCCF)C2)cc1F)N(CC(F)(F)CO[Si](c1ccccc1)(c1ccccc1)C(C)(C)C)[C@H](C)C3. The van der Waals surface area contributed by atoms with Gasteiger partial charge in [-0.15, -0.1) is 0 Å². The second-order valence-corrected chi connectivity index (χ2v) is 20.9. The summed E-state index contributed by atoms with van der Waals surface area (Å²) >= 11 is 0. The van der Waals surface area contributed by atoms with Crippen molar-refractivity contribution in [2.24, 2.45) is 0 Å². The average molecular weight is 820 g/mol. The Morgan fingerprint density at radius 3 is 2.10 bits per heavy atom. The molecule has 4 aromatic carbocycles. The number of fused-ring (bicyclic) bond motifs is 3. The van der Waals surface area contributed by atoms with Crippen molar-refractivity contribution < 1.29 is 40.6 Å². The minimum absolute atomic E-state index is 0.0204. The zero-order chi connectivity index (χ0) is 41.4. The highest BCUT2D eigenvalue weighted by Gasteiger charge is 2.53. The first-order valence-electron chi connectivity index (χ1n) is 19.7. The molecule has 2 aliphatic heterocycles. The van der Waals surface area contributed by atoms with Crippen LogP contribution >= 0.6 is 0 Å². The first-order valence-corrected chi connectivity index (χ1v) is 21.6. The topological polar surface area (TPSA) is 67.0 Å². The second-order valence-electron chi connectivity index (χ2n) is 16.5. The number of halogens is 5. The van der Waals surface area contributed by atoms with Gasteiger partial charge in [-0.25, -0.2) is 22.4 Å². The van der Waals surface area contributed by atoms with E-state index in [1.54, 1.807) is 25.1 Å². The number of esters is 1. The summed E-state index contributed by atoms with van der Waals surface area (Å²) in [6.45, 7) is 7.13. The maximum Gasteiger partial charge on any atom is 0.337 e. The Morgan fingerprint density at radius 1 is 0.914 bits per heavy atom. The summed E-state index contributed by atoms with van der Waals surface area (Å²) in [5.74, 6) is -5.95. The lowest BCUT2D eigenvalue weighted by Gasteiger charge is -2.45. The van der Waals surface area contributed by atoms with Crippen LogP contribution in [-0.4, -0.2) is 93.7 Å². The fourth-order valence-electron chi connectivity index (χ4n) is 8.80. The van der Waals surface area contributed by atoms with Crippen LogP contribution in [0.5, 0.6) is 5.75 Å². The van der Waals surface area contributed by atoms with Gasteiger partial charge in [0.15, 0.2) is 0 Å². The number of rotatable bonds is 14. The number of ether oxygens (including phenoxy) is 2. The molecule has 13 heteroatoms. The van der Waals surface area contributed by atoms with Crippen molar-refractivity contribution in [2.45, 2.75) is 69.7 Å². The van der Waals surface area contributed by atoms with Crippen LogP contribution in [0, 0.1) is 11.6 Å². The van der Waals surface area contributed by atoms with Gasteiger partial charge in [0.25, 0.3) is 14.2 Å². The van der Waals surface area contributed by atoms with Gasteiger partial charge >= 0.3 is 5.97 Å². The van der Waals surface area contributed by atoms with Crippen molar-refractivity contribution in [2.75, 3.05) is 46.6 Å². The lowest BCUT2D eigenvalue weighted by atomic mass is 9.87. The monoisotopic (exact) mass is 819 g/mol. The van der Waals surface area contributed by atoms with E-state index in [0.717, 1.165) is 22.5 Å². The zero-order valence-electron chi connectivity index (χ0n) is 33.5. The number of aromatic nitrogens is 1. The predicted molar refractivity (Wildman–Crippen MR) is 218 cm³/mol. The van der Waals surface area contributed by atoms with E-state index in [9.17, 15) is 9.18 Å². The van der Waals surface area contributed by atoms with E-state index in [-0.39, 0.29) is 17.4 Å². The van der Waals surface area contributed by atoms with Crippen molar-refractivity contribution in [3.05, 3.63) is 125 Å². The van der Waals surface area contributed by atoms with Gasteiger partial charge in [0.2, 0.25) is 0 Å². The molecule has 5 aromatic rings. The Labute approximate surface area is 337 Å². The van der Waals surface area contributed by atoms with Gasteiger partial charge in [-0.1, -0.05) is 87.5 Å². The van der Waals surface area contributed by atoms with Crippen LogP contribution in [0.15, 0.2) is 91.0 Å². The number of methoxy groups -OCH3 is 1. The van der Waals surface area contributed by atoms with Gasteiger partial charge in [-0.05, 0) is 52.9 Å². The standard InChI is InChI=1S/C45H50F5N3O4Si/c1-29-21-36-35-18-17-30(43(54)55-5)22-39(35)51-41(36)42(40-37(47)23-31(24-38(40)48)57-32-25-52(26-32)20-12-19-46)53(29)27-45(49,50)28-56-58(44(2,3)4,33-13-8-6-9-14-33)34-15-10-7-11-16-34/h6-11,13-18,22-24,29,32,42,51H,12,19-21,25-28H2,1-5H3/t29-,42-/m1/s1. The van der Waals surface area contributed by atoms with E-state index < -0.39 is 74.4 Å². The Kier molecular flexibility index (Phi) is 11.9. The molecule has 0 aliphatic carbocycles. The molecule has 1 N–H and O–H groups in total. The summed E-state index contributed by atoms with van der Waals surface area (Å²) in [5, 5.41) is 1.85. The summed E-state index contributed by atoms with van der Waals surface area (Å²) in [4.78, 5) is 19.2. The predicted octanol–water partition coefficient (Wildman–Crippen LogP) is 8.20. The molecule has 0 radical (unpaired) electrons. The molecular formula is C45H50F5N3O4Si. The van der Waals surface area contributed by atoms with Gasteiger partial charge in [0, 0.05) is 60.0 Å². The van der Waals surface area contributed by atoms with Gasteiger partial charge in [-0.3, -0.25) is 14.2 Å². The fraction of sp³-hybridized carbons (Fsp3) is 0.400. The van der Waals surface area contributed by atoms with E-state index in [4.69, 9.17) is 13.9 Å². The molecule has 0 spiro atoms. The molecule has 2 aliphatic rings. The molecule has 308 valence electrons. The number of benzene rings is 4. The van der Waals surface area contributed by atoms with Gasteiger partial charge < -0.3 is 18.9 Å². The summed E-state index contributed by atoms with van der Waals surface area (Å²) < 4.78 is 97.0. The van der Waals surface area contributed by atoms with Crippen LogP contribution in [0.2, 0.25) is 5.04 Å². The minimum Gasteiger partial charge on any atom is -0.488 e. The van der Waals surface area contributed by atoms with E-state index >= 15 is 17.6 Å². The summed E-state index contributed by atoms with van der Waals surface area (Å²) in [5.41, 5.74) is 1.44. The number of hydrogen-bond donors (Lipinski definition) is 1. The Hall–Kier alpha value is -4.56. The third kappa shape index (κ3) is 8.06. The molecule has 7 nitrogen and oxygen atoms in total. The third-order valence-electron chi connectivity index (χ3n) is 11.5. The van der Waals surface area contributed by atoms with E-state index in [1.807, 2.05) is 86.3 Å². The maximum atomic E-state index is 16.9. The highest BCUT2D eigenvalue weighted by Crippen LogP contribution is 2.45. The molecule has 0 saturated carbocycles. The maximum absolute atomic E-state index is 16.9. The molecule has 0 bridgehead atoms. The molecule has 58 heavy (non-hydrogen) atoms. The van der Waals surface area contributed by atoms with Crippen LogP contribution in [0.1, 0.15) is 67.3 Å². The number of aromatic amines is 1. The Balaban J connectivity index is 1.26. The molecule has 3 heterocycles. The van der Waals surface area contributed by atoms with E-state index in [0.29, 0.717) is 54.6 Å². The molecule has 1 fully saturated rings. The summed E-state index contributed by atoms with van der Waals surface area (Å²) in [6, 6.07) is 24.3. The van der Waals surface area contributed by atoms with Crippen molar-refractivity contribution in [1.82, 2.24) is 14.8 Å². The van der Waals surface area contributed by atoms with Crippen LogP contribution in [0.3, 0.4) is 0 Å². The normalized spacial score (nSPS) is 18.2. The van der Waals surface area contributed by atoms with Crippen molar-refractivity contribution >= 4 is 35.6 Å². The highest BCUT2D eigenvalue weighted by atomic mass is 28.4. The van der Waals surface area contributed by atoms with E-state index in [2.05, 4.69) is 4.98 Å². The number of carbonyl (C=O) groups is 1. The lowest BCUT2D eigenvalue weighted by molar-refractivity contribution is -0.0825. The quantitative estimate of drug-likeness (QED) is 0.0693. The average Bonchev–Trinajstić information content (AvgIpc) is 3.53. The molecule has 0 unspecified atom stereocenters. The highest BCUT2D eigenvalue weighted by molar-refractivity contribution is 6.99. The Bertz CT molecular complexity index is 2160. The Morgan fingerprint density at radius 2 is 1.53 bits per heavy atom. The summed E-state index contributed by atoms with van der Waals surface area (Å²) in [7, 11) is -2.09. The van der Waals surface area contributed by atoms with Crippen LogP contribution in [0.4, 0.5) is 22.0 Å². The van der Waals surface area contributed by atoms with Gasteiger partial charge in [0.05, 0.1) is 38.5 Å². The first-order chi connectivity index (χ1) is 27.7. The largest absolute Gasteiger partial charge is 0.488 e. The number of nitrogens with one attached hydrogen (secondary N) is 1. The summed E-state index contributed by atoms with van der Waals surface area (Å²) in [6.07, 6.45) is 0.361. The molecular weight excluding hydrogens is 770 g/mol. The third-order valence-corrected chi connectivity index (χ3v) is 16.5. The number of carbonyl (C=O) groups excluding carboxylic acids is 1. The number of hydrogen-bond acceptors (Lipinski definition) is 6. The molecule has 0 amide bonds. The smallest absolute Gasteiger partial charge is 0.337 e. The second kappa shape index (κ2) is 16.6. The van der Waals surface area contributed by atoms with Crippen LogP contribution in [0.25, 0.3) is 10.9 Å². The number of likely N-dealkylation sites (tertiary alicyclic amines) is 1. The first kappa shape index (κ1) is 41.6. The van der Waals surface area contributed by atoms with Gasteiger partial charge in [0.1, 0.15) is 23.5 Å². The lowest BCUT2D eigenvalue weighted by Crippen LogP contribution is -2.67. The zero-order valence-corrected chi connectivity index (χ0v) is 34.5. The number of H-pyrrole nitrogens is 1. The van der Waals surface area contributed by atoms with Crippen LogP contribution < -0.4 is 15.1 Å². The molecule has 7 rings (SSSR count). The minimum atomic E-state index is -3.48. The van der Waals surface area contributed by atoms with Crippen LogP contribution in [-0.2, 0) is 15.6 Å². The molecule has 1 saturated heterocycles. The number of nitrogens with zero attached hydrogens (tertiary/aromatic N) is 2. The van der Waals surface area contributed by atoms with Crippen molar-refractivity contribution in [3.63, 3.8) is 0 Å². The van der Waals surface area contributed by atoms with Crippen molar-refractivity contribution in [1.29, 1.82) is 0 Å². The molecule has 2 atom stereocenters. The number of alkyl halides is 3. The van der Waals surface area contributed by atoms with Crippen molar-refractivity contribution in [3.8, 4) is 5.75 Å². The van der Waals surface area contributed by atoms with E-state index in [1.165, 1.54) is 12.0 Å². The fourth-order valence-corrected chi connectivity index (χ4v) is 13.4. The molecule has 1 aromatic heterocycles.